The molecule has 1 aliphatic heterocycles. The number of rotatable bonds is 6. The summed E-state index contributed by atoms with van der Waals surface area (Å²) in [5.74, 6) is -1.75. The third kappa shape index (κ3) is 3.94. The Balaban J connectivity index is 2.17. The van der Waals surface area contributed by atoms with E-state index >= 15 is 0 Å². The van der Waals surface area contributed by atoms with Crippen LogP contribution >= 0.6 is 0 Å². The number of carboxylic acid groups (broad SMARTS) is 1. The van der Waals surface area contributed by atoms with Gasteiger partial charge < -0.3 is 10.0 Å². The second-order valence-electron chi connectivity index (χ2n) is 5.60. The molecule has 0 radical (unpaired) electrons. The number of non-ortho nitro benzene ring substituents is 1. The highest BCUT2D eigenvalue weighted by Crippen LogP contribution is 2.22. The van der Waals surface area contributed by atoms with Gasteiger partial charge in [-0.15, -0.1) is 0 Å². The van der Waals surface area contributed by atoms with E-state index in [1.165, 1.54) is 12.1 Å². The summed E-state index contributed by atoms with van der Waals surface area (Å²) >= 11 is 0. The quantitative estimate of drug-likeness (QED) is 0.560. The summed E-state index contributed by atoms with van der Waals surface area (Å²) < 4.78 is 25.7. The number of carbonyl (C=O) groups excluding carboxylic acids is 1. The second kappa shape index (κ2) is 7.15. The SMILES string of the molecule is CN(CC(=O)N1CCC[C@@H]1C(=O)O)S(=O)(=O)c1cccc([N+](=O)[O-])c1. The van der Waals surface area contributed by atoms with Crippen molar-refractivity contribution in [1.82, 2.24) is 9.21 Å². The van der Waals surface area contributed by atoms with Crippen molar-refractivity contribution in [1.29, 1.82) is 0 Å². The van der Waals surface area contributed by atoms with E-state index in [1.54, 1.807) is 0 Å². The van der Waals surface area contributed by atoms with Crippen molar-refractivity contribution >= 4 is 27.6 Å². The molecule has 0 aliphatic carbocycles. The Bertz CT molecular complexity index is 808. The minimum absolute atomic E-state index is 0.250. The van der Waals surface area contributed by atoms with Gasteiger partial charge in [-0.2, -0.15) is 4.31 Å². The molecule has 0 bridgehead atoms. The third-order valence-electron chi connectivity index (χ3n) is 3.95. The lowest BCUT2D eigenvalue weighted by atomic mass is 10.2. The molecule has 0 unspecified atom stereocenters. The number of nitro benzene ring substituents is 1. The van der Waals surface area contributed by atoms with E-state index in [-0.39, 0.29) is 17.1 Å². The Hall–Kier alpha value is -2.53. The van der Waals surface area contributed by atoms with Crippen LogP contribution in [0.2, 0.25) is 0 Å². The number of benzene rings is 1. The van der Waals surface area contributed by atoms with Crippen LogP contribution in [0.4, 0.5) is 5.69 Å². The number of amides is 1. The van der Waals surface area contributed by atoms with Crippen LogP contribution in [-0.4, -0.2) is 65.7 Å². The first-order chi connectivity index (χ1) is 11.6. The maximum Gasteiger partial charge on any atom is 0.326 e. The zero-order valence-electron chi connectivity index (χ0n) is 13.4. The molecule has 1 aromatic carbocycles. The molecule has 25 heavy (non-hydrogen) atoms. The number of sulfonamides is 1. The molecule has 11 heteroatoms. The zero-order valence-corrected chi connectivity index (χ0v) is 14.2. The molecule has 1 N–H and O–H groups in total. The smallest absolute Gasteiger partial charge is 0.326 e. The number of hydrogen-bond acceptors (Lipinski definition) is 6. The van der Waals surface area contributed by atoms with Gasteiger partial charge in [0.2, 0.25) is 15.9 Å². The van der Waals surface area contributed by atoms with Gasteiger partial charge in [0.05, 0.1) is 16.4 Å². The van der Waals surface area contributed by atoms with Gasteiger partial charge in [-0.1, -0.05) is 6.07 Å². The summed E-state index contributed by atoms with van der Waals surface area (Å²) in [4.78, 5) is 34.3. The van der Waals surface area contributed by atoms with Crippen molar-refractivity contribution in [3.63, 3.8) is 0 Å². The van der Waals surface area contributed by atoms with Crippen molar-refractivity contribution in [2.24, 2.45) is 0 Å². The van der Waals surface area contributed by atoms with Crippen LogP contribution in [0, 0.1) is 10.1 Å². The van der Waals surface area contributed by atoms with Gasteiger partial charge in [-0.3, -0.25) is 14.9 Å². The fourth-order valence-corrected chi connectivity index (χ4v) is 3.79. The Morgan fingerprint density at radius 2 is 2.12 bits per heavy atom. The Morgan fingerprint density at radius 3 is 2.72 bits per heavy atom. The summed E-state index contributed by atoms with van der Waals surface area (Å²) in [6.45, 7) is -0.296. The highest BCUT2D eigenvalue weighted by Gasteiger charge is 2.35. The Morgan fingerprint density at radius 1 is 1.44 bits per heavy atom. The molecule has 10 nitrogen and oxygen atoms in total. The van der Waals surface area contributed by atoms with Gasteiger partial charge in [-0.05, 0) is 18.9 Å². The number of hydrogen-bond donors (Lipinski definition) is 1. The highest BCUT2D eigenvalue weighted by molar-refractivity contribution is 7.89. The van der Waals surface area contributed by atoms with Crippen LogP contribution in [0.5, 0.6) is 0 Å². The van der Waals surface area contributed by atoms with Crippen LogP contribution < -0.4 is 0 Å². The minimum atomic E-state index is -4.12. The van der Waals surface area contributed by atoms with Gasteiger partial charge in [0, 0.05) is 25.7 Å². The minimum Gasteiger partial charge on any atom is -0.480 e. The molecule has 1 heterocycles. The number of nitrogens with zero attached hydrogens (tertiary/aromatic N) is 3. The van der Waals surface area contributed by atoms with Gasteiger partial charge in [0.15, 0.2) is 0 Å². The fourth-order valence-electron chi connectivity index (χ4n) is 2.63. The van der Waals surface area contributed by atoms with Crippen LogP contribution in [-0.2, 0) is 19.6 Å². The summed E-state index contributed by atoms with van der Waals surface area (Å²) in [7, 11) is -2.96. The predicted octanol–water partition coefficient (Wildman–Crippen LogP) is 0.291. The van der Waals surface area contributed by atoms with E-state index in [4.69, 9.17) is 5.11 Å². The maximum atomic E-state index is 12.5. The lowest BCUT2D eigenvalue weighted by Crippen LogP contribution is -2.45. The molecular weight excluding hydrogens is 354 g/mol. The van der Waals surface area contributed by atoms with E-state index in [0.717, 1.165) is 28.4 Å². The summed E-state index contributed by atoms with van der Waals surface area (Å²) in [5, 5.41) is 19.9. The standard InChI is InChI=1S/C14H17N3O7S/c1-15(9-13(18)16-7-3-6-12(16)14(19)20)25(23,24)11-5-2-4-10(8-11)17(21)22/h2,4-5,8,12H,3,6-7,9H2,1H3,(H,19,20)/t12-/m1/s1. The monoisotopic (exact) mass is 371 g/mol. The maximum absolute atomic E-state index is 12.5. The number of carbonyl (C=O) groups is 2. The zero-order chi connectivity index (χ0) is 18.8. The first kappa shape index (κ1) is 18.8. The van der Waals surface area contributed by atoms with E-state index < -0.39 is 39.4 Å². The largest absolute Gasteiger partial charge is 0.480 e. The molecule has 136 valence electrons. The van der Waals surface area contributed by atoms with Crippen LogP contribution in [0.25, 0.3) is 0 Å². The normalized spacial score (nSPS) is 17.7. The van der Waals surface area contributed by atoms with Gasteiger partial charge in [-0.25, -0.2) is 13.2 Å². The third-order valence-corrected chi connectivity index (χ3v) is 5.75. The van der Waals surface area contributed by atoms with Crippen LogP contribution in [0.3, 0.4) is 0 Å². The first-order valence-corrected chi connectivity index (χ1v) is 8.81. The van der Waals surface area contributed by atoms with Crippen molar-refractivity contribution < 1.29 is 28.0 Å². The lowest BCUT2D eigenvalue weighted by Gasteiger charge is -2.24. The number of likely N-dealkylation sites (tertiary alicyclic amines) is 1. The van der Waals surface area contributed by atoms with Gasteiger partial charge in [0.25, 0.3) is 5.69 Å². The molecule has 1 saturated heterocycles. The highest BCUT2D eigenvalue weighted by atomic mass is 32.2. The second-order valence-corrected chi connectivity index (χ2v) is 7.64. The molecule has 1 aliphatic rings. The van der Waals surface area contributed by atoms with Gasteiger partial charge >= 0.3 is 5.97 Å². The molecule has 2 rings (SSSR count). The van der Waals surface area contributed by atoms with Crippen molar-refractivity contribution in [2.75, 3.05) is 20.1 Å². The van der Waals surface area contributed by atoms with E-state index in [2.05, 4.69) is 0 Å². The summed E-state index contributed by atoms with van der Waals surface area (Å²) in [5.41, 5.74) is -0.383. The fraction of sp³-hybridized carbons (Fsp3) is 0.429. The molecule has 0 spiro atoms. The van der Waals surface area contributed by atoms with E-state index in [1.807, 2.05) is 0 Å². The molecule has 1 fully saturated rings. The Kier molecular flexibility index (Phi) is 5.38. The average Bonchev–Trinajstić information content (AvgIpc) is 3.04. The molecule has 0 saturated carbocycles. The van der Waals surface area contributed by atoms with Crippen molar-refractivity contribution in [3.8, 4) is 0 Å². The topological polar surface area (TPSA) is 138 Å². The number of aliphatic carboxylic acids is 1. The van der Waals surface area contributed by atoms with Crippen LogP contribution in [0.15, 0.2) is 29.2 Å². The van der Waals surface area contributed by atoms with Gasteiger partial charge in [0.1, 0.15) is 6.04 Å². The van der Waals surface area contributed by atoms with Crippen molar-refractivity contribution in [2.45, 2.75) is 23.8 Å². The Labute approximate surface area is 143 Å². The molecular formula is C14H17N3O7S. The number of likely N-dealkylation sites (N-methyl/N-ethyl adjacent to an activating group) is 1. The number of carboxylic acids is 1. The first-order valence-electron chi connectivity index (χ1n) is 7.37. The lowest BCUT2D eigenvalue weighted by molar-refractivity contribution is -0.385. The molecule has 0 aromatic heterocycles. The molecule has 1 amide bonds. The predicted molar refractivity (Wildman–Crippen MR) is 85.3 cm³/mol. The summed E-state index contributed by atoms with van der Waals surface area (Å²) in [6, 6.07) is 3.54. The van der Waals surface area contributed by atoms with E-state index in [9.17, 15) is 28.1 Å². The average molecular weight is 371 g/mol. The summed E-state index contributed by atoms with van der Waals surface area (Å²) in [6.07, 6.45) is 0.854. The van der Waals surface area contributed by atoms with Crippen molar-refractivity contribution in [3.05, 3.63) is 34.4 Å². The van der Waals surface area contributed by atoms with Crippen LogP contribution in [0.1, 0.15) is 12.8 Å². The molecule has 1 aromatic rings. The molecule has 1 atom stereocenters. The van der Waals surface area contributed by atoms with E-state index in [0.29, 0.717) is 12.8 Å². The number of nitro groups is 1.